The molecule has 1 aromatic carbocycles. The Hall–Kier alpha value is -2.49. The Bertz CT molecular complexity index is 748. The Balaban J connectivity index is -0.000000815. The number of rotatable bonds is 3. The molecule has 28 heavy (non-hydrogen) atoms. The van der Waals surface area contributed by atoms with E-state index in [0.29, 0.717) is 17.2 Å². The van der Waals surface area contributed by atoms with Crippen LogP contribution in [0.3, 0.4) is 0 Å². The summed E-state index contributed by atoms with van der Waals surface area (Å²) in [4.78, 5) is 11.5. The van der Waals surface area contributed by atoms with Gasteiger partial charge in [0.25, 0.3) is 0 Å². The minimum atomic E-state index is -0.382. The van der Waals surface area contributed by atoms with Crippen LogP contribution in [0.15, 0.2) is 24.3 Å². The molecule has 0 aliphatic heterocycles. The van der Waals surface area contributed by atoms with Gasteiger partial charge in [0.2, 0.25) is 0 Å². The van der Waals surface area contributed by atoms with Gasteiger partial charge in [-0.2, -0.15) is 0 Å². The first-order chi connectivity index (χ1) is 13.0. The largest absolute Gasteiger partial charge is 0 e. The maximum Gasteiger partial charge on any atom is 0 e. The van der Waals surface area contributed by atoms with Crippen LogP contribution in [0.4, 0.5) is 5.69 Å². The van der Waals surface area contributed by atoms with Crippen LogP contribution in [-0.2, 0) is 35.8 Å². The van der Waals surface area contributed by atoms with E-state index >= 15 is 0 Å². The molecular weight excluding hydrogens is 406 g/mol. The van der Waals surface area contributed by atoms with Crippen molar-refractivity contribution < 1.29 is 45.3 Å². The second-order valence-electron chi connectivity index (χ2n) is 5.19. The summed E-state index contributed by atoms with van der Waals surface area (Å²) in [6.07, 6.45) is 8.93. The van der Waals surface area contributed by atoms with Crippen molar-refractivity contribution in [3.8, 4) is 11.5 Å². The average molecular weight is 427 g/mol. The van der Waals surface area contributed by atoms with Gasteiger partial charge >= 0.3 is 39.9 Å². The normalized spacial score (nSPS) is 12.9. The van der Waals surface area contributed by atoms with E-state index in [9.17, 15) is 4.79 Å². The Morgan fingerprint density at radius 3 is 2.00 bits per heavy atom. The predicted molar refractivity (Wildman–Crippen MR) is 95.6 cm³/mol. The summed E-state index contributed by atoms with van der Waals surface area (Å²) < 4.78 is 33.4. The number of anilines is 1. The van der Waals surface area contributed by atoms with Crippen LogP contribution in [0.5, 0.6) is 11.5 Å². The second kappa shape index (κ2) is 16.7. The number of hydrogen-bond acceptors (Lipinski definition) is 4. The second-order valence-corrected chi connectivity index (χ2v) is 5.19. The van der Waals surface area contributed by atoms with E-state index in [1.165, 1.54) is 6.92 Å². The molecule has 0 unspecified atom stereocenters. The number of carbonyl (C=O) groups is 1. The summed E-state index contributed by atoms with van der Waals surface area (Å²) in [5, 5.41) is 0. The van der Waals surface area contributed by atoms with Gasteiger partial charge in [-0.05, 0) is 31.4 Å². The number of ether oxygens (including phenoxy) is 2. The fraction of sp³-hybridized carbons (Fsp3) is 0.300. The summed E-state index contributed by atoms with van der Waals surface area (Å²) in [7, 11) is 1.57. The quantitative estimate of drug-likeness (QED) is 0.199. The van der Waals surface area contributed by atoms with Crippen molar-refractivity contribution in [3.63, 3.8) is 0 Å². The van der Waals surface area contributed by atoms with Crippen LogP contribution < -0.4 is 15.2 Å². The van der Waals surface area contributed by atoms with Gasteiger partial charge in [0.15, 0.2) is 11.5 Å². The number of allylic oxidation sites excluding steroid dienone is 4. The number of esters is 1. The summed E-state index contributed by atoms with van der Waals surface area (Å²) in [5.74, 6) is 0.718. The van der Waals surface area contributed by atoms with Gasteiger partial charge in [-0.15, -0.1) is 0 Å². The molecule has 1 aliphatic rings. The van der Waals surface area contributed by atoms with Gasteiger partial charge in [-0.1, -0.05) is 24.3 Å². The van der Waals surface area contributed by atoms with E-state index in [1.54, 1.807) is 7.11 Å². The van der Waals surface area contributed by atoms with Crippen LogP contribution in [0.25, 0.3) is 0 Å². The van der Waals surface area contributed by atoms with Crippen molar-refractivity contribution in [1.82, 2.24) is 0 Å². The number of nitrogens with two attached hydrogens (primary N) is 1. The molecule has 0 saturated carbocycles. The van der Waals surface area contributed by atoms with Gasteiger partial charge in [0, 0.05) is 41.2 Å². The van der Waals surface area contributed by atoms with E-state index in [1.807, 2.05) is 26.0 Å². The van der Waals surface area contributed by atoms with E-state index in [0.717, 1.165) is 23.1 Å². The van der Waals surface area contributed by atoms with Gasteiger partial charge in [0.1, 0.15) is 0 Å². The summed E-state index contributed by atoms with van der Waals surface area (Å²) in [6.45, 7) is 18.7. The van der Waals surface area contributed by atoms with Crippen LogP contribution in [0.2, 0.25) is 0 Å². The molecule has 0 heterocycles. The molecule has 2 rings (SSSR count). The molecule has 0 aromatic heterocycles. The fourth-order valence-corrected chi connectivity index (χ4v) is 2.64. The molecule has 0 saturated heterocycles. The Kier molecular flexibility index (Phi) is 18.0. The zero-order valence-electron chi connectivity index (χ0n) is 16.0. The molecule has 0 radical (unpaired) electrons. The number of methoxy groups -OCH3 is 1. The number of carbonyl (C=O) groups excluding carboxylic acids is 1. The first kappa shape index (κ1) is 30.2. The van der Waals surface area contributed by atoms with Gasteiger partial charge in [-0.3, -0.25) is 4.79 Å². The Labute approximate surface area is 175 Å². The SMILES string of the molecule is COc1c(C)c(C)c(N)c([C@@H]2C=CC=CC2)c1OC(C)=O.[C-]#[O+].[C-]#[O+].[C-]#[O+].[Fe]. The molecule has 7 nitrogen and oxygen atoms in total. The molecule has 150 valence electrons. The van der Waals surface area contributed by atoms with Crippen molar-refractivity contribution in [3.05, 3.63) is 60.9 Å². The average Bonchev–Trinajstić information content (AvgIpc) is 2.72. The molecule has 1 aliphatic carbocycles. The van der Waals surface area contributed by atoms with Crippen molar-refractivity contribution in [2.75, 3.05) is 12.8 Å². The predicted octanol–water partition coefficient (Wildman–Crippen LogP) is 3.30. The van der Waals surface area contributed by atoms with Gasteiger partial charge in [-0.25, -0.2) is 0 Å². The molecule has 0 bridgehead atoms. The number of hydrogen-bond donors (Lipinski definition) is 1. The van der Waals surface area contributed by atoms with Crippen molar-refractivity contribution in [1.29, 1.82) is 0 Å². The molecular formula is C20H21FeNO6. The first-order valence-electron chi connectivity index (χ1n) is 7.56. The summed E-state index contributed by atoms with van der Waals surface area (Å²) in [5.41, 5.74) is 9.65. The minimum absolute atomic E-state index is 0. The molecule has 0 amide bonds. The smallest absolute Gasteiger partial charge is 0 e. The van der Waals surface area contributed by atoms with Gasteiger partial charge < -0.3 is 15.2 Å². The molecule has 1 atom stereocenters. The van der Waals surface area contributed by atoms with Gasteiger partial charge in [0.05, 0.1) is 7.11 Å². The monoisotopic (exact) mass is 427 g/mol. The first-order valence-corrected chi connectivity index (χ1v) is 7.56. The van der Waals surface area contributed by atoms with Crippen LogP contribution in [-0.4, -0.2) is 13.1 Å². The van der Waals surface area contributed by atoms with Crippen molar-refractivity contribution in [2.45, 2.75) is 33.1 Å². The van der Waals surface area contributed by atoms with Crippen LogP contribution >= 0.6 is 0 Å². The van der Waals surface area contributed by atoms with E-state index in [-0.39, 0.29) is 29.0 Å². The zero-order valence-corrected chi connectivity index (χ0v) is 17.1. The molecule has 1 aromatic rings. The van der Waals surface area contributed by atoms with Crippen molar-refractivity contribution >= 4 is 11.7 Å². The molecule has 0 spiro atoms. The topological polar surface area (TPSA) is 121 Å². The van der Waals surface area contributed by atoms with E-state index < -0.39 is 0 Å². The third-order valence-corrected chi connectivity index (χ3v) is 3.85. The zero-order chi connectivity index (χ0) is 21.6. The third kappa shape index (κ3) is 7.63. The third-order valence-electron chi connectivity index (χ3n) is 3.85. The number of benzene rings is 1. The standard InChI is InChI=1S/C17H21NO3.3CO.Fe/c1-10-11(2)16(20-4)17(21-12(3)19)14(15(10)18)13-8-6-5-7-9-13;3*1-2;/h5-8,13H,9,18H2,1-4H3;;;;/t13-;;;;/m1..../s1. The Morgan fingerprint density at radius 1 is 1.07 bits per heavy atom. The maximum absolute atomic E-state index is 11.5. The molecule has 0 fully saturated rings. The van der Waals surface area contributed by atoms with E-state index in [2.05, 4.69) is 32.1 Å². The maximum atomic E-state index is 11.5. The van der Waals surface area contributed by atoms with Crippen LogP contribution in [0, 0.1) is 33.8 Å². The van der Waals surface area contributed by atoms with Crippen molar-refractivity contribution in [2.24, 2.45) is 0 Å². The molecule has 8 heteroatoms. The fourth-order valence-electron chi connectivity index (χ4n) is 2.64. The Morgan fingerprint density at radius 2 is 1.61 bits per heavy atom. The van der Waals surface area contributed by atoms with Crippen LogP contribution in [0.1, 0.15) is 36.0 Å². The number of nitrogen functional groups attached to an aromatic ring is 1. The van der Waals surface area contributed by atoms with E-state index in [4.69, 9.17) is 29.2 Å². The minimum Gasteiger partial charge on any atom is 0 e. The summed E-state index contributed by atoms with van der Waals surface area (Å²) >= 11 is 0. The molecule has 2 N–H and O–H groups in total. The summed E-state index contributed by atoms with van der Waals surface area (Å²) in [6, 6.07) is 0.